The van der Waals surface area contributed by atoms with Gasteiger partial charge in [0.2, 0.25) is 0 Å². The average Bonchev–Trinajstić information content (AvgIpc) is 2.38. The predicted octanol–water partition coefficient (Wildman–Crippen LogP) is 3.00. The Labute approximate surface area is 119 Å². The van der Waals surface area contributed by atoms with Gasteiger partial charge in [0.1, 0.15) is 5.82 Å². The van der Waals surface area contributed by atoms with E-state index in [1.54, 1.807) is 6.07 Å². The first-order valence-electron chi connectivity index (χ1n) is 7.34. The summed E-state index contributed by atoms with van der Waals surface area (Å²) in [6, 6.07) is 7.45. The van der Waals surface area contributed by atoms with Gasteiger partial charge in [-0.3, -0.25) is 4.79 Å². The van der Waals surface area contributed by atoms with Crippen LogP contribution < -0.4 is 5.32 Å². The summed E-state index contributed by atoms with van der Waals surface area (Å²) < 4.78 is 18.5. The maximum absolute atomic E-state index is 13.6. The highest BCUT2D eigenvalue weighted by atomic mass is 19.1. The molecule has 1 N–H and O–H groups in total. The molecule has 20 heavy (non-hydrogen) atoms. The van der Waals surface area contributed by atoms with Gasteiger partial charge >= 0.3 is 5.97 Å². The van der Waals surface area contributed by atoms with Crippen molar-refractivity contribution < 1.29 is 13.9 Å². The second kappa shape index (κ2) is 7.39. The molecule has 0 bridgehead atoms. The van der Waals surface area contributed by atoms with E-state index >= 15 is 0 Å². The number of carbonyl (C=O) groups is 1. The van der Waals surface area contributed by atoms with Gasteiger partial charge in [0.05, 0.1) is 6.61 Å². The van der Waals surface area contributed by atoms with E-state index in [9.17, 15) is 9.18 Å². The number of esters is 1. The van der Waals surface area contributed by atoms with Gasteiger partial charge in [-0.25, -0.2) is 4.39 Å². The van der Waals surface area contributed by atoms with Crippen LogP contribution in [0.5, 0.6) is 0 Å². The first-order chi connectivity index (χ1) is 9.70. The summed E-state index contributed by atoms with van der Waals surface area (Å²) in [7, 11) is 0. The van der Waals surface area contributed by atoms with Crippen molar-refractivity contribution in [2.45, 2.75) is 44.6 Å². The molecule has 0 radical (unpaired) electrons. The quantitative estimate of drug-likeness (QED) is 0.616. The van der Waals surface area contributed by atoms with Crippen LogP contribution in [0.15, 0.2) is 24.3 Å². The van der Waals surface area contributed by atoms with Crippen molar-refractivity contribution in [2.24, 2.45) is 0 Å². The van der Waals surface area contributed by atoms with E-state index in [-0.39, 0.29) is 11.8 Å². The molecular formula is C16H22FNO2. The van der Waals surface area contributed by atoms with Crippen LogP contribution in [0.3, 0.4) is 0 Å². The number of carbonyl (C=O) groups excluding carboxylic acids is 1. The SMILES string of the molecule is CCOC(=O)CCCNC1CC(c2ccccc2F)C1. The maximum Gasteiger partial charge on any atom is 0.305 e. The standard InChI is InChI=1S/C16H22FNO2/c1-2-20-16(19)8-5-9-18-13-10-12(11-13)14-6-3-4-7-15(14)17/h3-4,6-7,12-13,18H,2,5,8-11H2,1H3. The van der Waals surface area contributed by atoms with Crippen molar-refractivity contribution in [3.8, 4) is 0 Å². The van der Waals surface area contributed by atoms with Crippen molar-refractivity contribution in [1.82, 2.24) is 5.32 Å². The summed E-state index contributed by atoms with van der Waals surface area (Å²) in [5.74, 6) is 0.101. The van der Waals surface area contributed by atoms with Crippen LogP contribution in [-0.4, -0.2) is 25.2 Å². The monoisotopic (exact) mass is 279 g/mol. The van der Waals surface area contributed by atoms with Crippen molar-refractivity contribution in [3.05, 3.63) is 35.6 Å². The Balaban J connectivity index is 1.60. The molecule has 1 saturated carbocycles. The Morgan fingerprint density at radius 1 is 1.40 bits per heavy atom. The molecule has 0 aromatic heterocycles. The van der Waals surface area contributed by atoms with Crippen LogP contribution in [0.4, 0.5) is 4.39 Å². The normalized spacial score (nSPS) is 21.3. The minimum Gasteiger partial charge on any atom is -0.466 e. The lowest BCUT2D eigenvalue weighted by molar-refractivity contribution is -0.143. The lowest BCUT2D eigenvalue weighted by Crippen LogP contribution is -2.40. The molecule has 110 valence electrons. The maximum atomic E-state index is 13.6. The number of halogens is 1. The molecule has 1 aliphatic carbocycles. The van der Waals surface area contributed by atoms with Crippen molar-refractivity contribution in [2.75, 3.05) is 13.2 Å². The largest absolute Gasteiger partial charge is 0.466 e. The molecular weight excluding hydrogens is 257 g/mol. The van der Waals surface area contributed by atoms with Gasteiger partial charge in [0.25, 0.3) is 0 Å². The van der Waals surface area contributed by atoms with E-state index in [1.165, 1.54) is 6.07 Å². The van der Waals surface area contributed by atoms with E-state index in [0.29, 0.717) is 25.0 Å². The number of ether oxygens (including phenoxy) is 1. The second-order valence-electron chi connectivity index (χ2n) is 5.25. The van der Waals surface area contributed by atoms with Crippen LogP contribution in [-0.2, 0) is 9.53 Å². The zero-order valence-corrected chi connectivity index (χ0v) is 11.9. The molecule has 1 aromatic carbocycles. The molecule has 0 heterocycles. The van der Waals surface area contributed by atoms with E-state index in [1.807, 2.05) is 19.1 Å². The summed E-state index contributed by atoms with van der Waals surface area (Å²) in [6.07, 6.45) is 3.20. The third-order valence-electron chi connectivity index (χ3n) is 3.78. The minimum atomic E-state index is -0.132. The molecule has 1 aromatic rings. The summed E-state index contributed by atoms with van der Waals surface area (Å²) in [6.45, 7) is 3.07. The van der Waals surface area contributed by atoms with Gasteiger partial charge in [-0.15, -0.1) is 0 Å². The lowest BCUT2D eigenvalue weighted by atomic mass is 9.75. The molecule has 2 rings (SSSR count). The van der Waals surface area contributed by atoms with E-state index in [4.69, 9.17) is 4.74 Å². The Kier molecular flexibility index (Phi) is 5.53. The molecule has 0 atom stereocenters. The van der Waals surface area contributed by atoms with Crippen molar-refractivity contribution >= 4 is 5.97 Å². The second-order valence-corrected chi connectivity index (χ2v) is 5.25. The van der Waals surface area contributed by atoms with Gasteiger partial charge in [-0.1, -0.05) is 18.2 Å². The lowest BCUT2D eigenvalue weighted by Gasteiger charge is -2.36. The molecule has 1 fully saturated rings. The number of hydrogen-bond donors (Lipinski definition) is 1. The highest BCUT2D eigenvalue weighted by Crippen LogP contribution is 2.37. The Hall–Kier alpha value is -1.42. The fraction of sp³-hybridized carbons (Fsp3) is 0.562. The molecule has 4 heteroatoms. The zero-order chi connectivity index (χ0) is 14.4. The van der Waals surface area contributed by atoms with Gasteiger partial charge in [-0.2, -0.15) is 0 Å². The van der Waals surface area contributed by atoms with Crippen LogP contribution in [0, 0.1) is 5.82 Å². The third kappa shape index (κ3) is 4.04. The first-order valence-corrected chi connectivity index (χ1v) is 7.34. The zero-order valence-electron chi connectivity index (χ0n) is 11.9. The summed E-state index contributed by atoms with van der Waals surface area (Å²) >= 11 is 0. The molecule has 3 nitrogen and oxygen atoms in total. The number of nitrogens with one attached hydrogen (secondary N) is 1. The highest BCUT2D eigenvalue weighted by Gasteiger charge is 2.31. The summed E-state index contributed by atoms with van der Waals surface area (Å²) in [5.41, 5.74) is 0.831. The van der Waals surface area contributed by atoms with Gasteiger partial charge in [0, 0.05) is 12.5 Å². The Morgan fingerprint density at radius 3 is 2.85 bits per heavy atom. The average molecular weight is 279 g/mol. The van der Waals surface area contributed by atoms with Crippen molar-refractivity contribution in [3.63, 3.8) is 0 Å². The van der Waals surface area contributed by atoms with Crippen LogP contribution in [0.25, 0.3) is 0 Å². The summed E-state index contributed by atoms with van der Waals surface area (Å²) in [5, 5.41) is 3.41. The molecule has 0 unspecified atom stereocenters. The van der Waals surface area contributed by atoms with E-state index in [2.05, 4.69) is 5.32 Å². The minimum absolute atomic E-state index is 0.0988. The predicted molar refractivity (Wildman–Crippen MR) is 76.0 cm³/mol. The highest BCUT2D eigenvalue weighted by molar-refractivity contribution is 5.69. The fourth-order valence-corrected chi connectivity index (χ4v) is 2.62. The van der Waals surface area contributed by atoms with Gasteiger partial charge in [-0.05, 0) is 50.3 Å². The molecule has 0 saturated heterocycles. The fourth-order valence-electron chi connectivity index (χ4n) is 2.62. The molecule has 0 amide bonds. The Bertz CT molecular complexity index is 444. The molecule has 0 aliphatic heterocycles. The van der Waals surface area contributed by atoms with Gasteiger partial charge in [0.15, 0.2) is 0 Å². The van der Waals surface area contributed by atoms with E-state index < -0.39 is 0 Å². The van der Waals surface area contributed by atoms with Gasteiger partial charge < -0.3 is 10.1 Å². The smallest absolute Gasteiger partial charge is 0.305 e. The molecule has 1 aliphatic rings. The topological polar surface area (TPSA) is 38.3 Å². The number of hydrogen-bond acceptors (Lipinski definition) is 3. The third-order valence-corrected chi connectivity index (χ3v) is 3.78. The molecule has 0 spiro atoms. The van der Waals surface area contributed by atoms with Crippen LogP contribution >= 0.6 is 0 Å². The summed E-state index contributed by atoms with van der Waals surface area (Å²) in [4.78, 5) is 11.2. The number of benzene rings is 1. The number of rotatable bonds is 7. The Morgan fingerprint density at radius 2 is 2.15 bits per heavy atom. The van der Waals surface area contributed by atoms with Crippen molar-refractivity contribution in [1.29, 1.82) is 0 Å². The van der Waals surface area contributed by atoms with E-state index in [0.717, 1.165) is 31.4 Å². The van der Waals surface area contributed by atoms with Crippen LogP contribution in [0.1, 0.15) is 44.1 Å². The van der Waals surface area contributed by atoms with Crippen LogP contribution in [0.2, 0.25) is 0 Å². The first kappa shape index (κ1) is 15.0.